The van der Waals surface area contributed by atoms with E-state index in [1.165, 1.54) is 28.6 Å². The minimum Gasteiger partial charge on any atom is -0.545 e. The molecule has 0 saturated heterocycles. The first-order valence-corrected chi connectivity index (χ1v) is 9.92. The molecule has 1 aromatic heterocycles. The fraction of sp³-hybridized carbons (Fsp3) is 0.158. The lowest BCUT2D eigenvalue weighted by Gasteiger charge is -2.12. The van der Waals surface area contributed by atoms with E-state index in [-0.39, 0.29) is 16.3 Å². The van der Waals surface area contributed by atoms with Crippen LogP contribution in [0.25, 0.3) is 5.69 Å². The summed E-state index contributed by atoms with van der Waals surface area (Å²) in [7, 11) is -1.36. The number of aromatic carboxylic acids is 1. The predicted molar refractivity (Wildman–Crippen MR) is 104 cm³/mol. The van der Waals surface area contributed by atoms with Crippen molar-refractivity contribution in [3.63, 3.8) is 0 Å². The number of rotatable bonds is 6. The fourth-order valence-electron chi connectivity index (χ4n) is 2.89. The Balaban J connectivity index is 2.08. The minimum absolute atomic E-state index is 0.0359. The predicted octanol–water partition coefficient (Wildman–Crippen LogP) is 0.657. The topological polar surface area (TPSA) is 122 Å². The zero-order chi connectivity index (χ0) is 21.3. The van der Waals surface area contributed by atoms with Crippen molar-refractivity contribution < 1.29 is 23.1 Å². The molecular weight excluding hydrogens is 398 g/mol. The Hall–Kier alpha value is -3.53. The zero-order valence-electron chi connectivity index (χ0n) is 15.9. The van der Waals surface area contributed by atoms with Crippen LogP contribution in [0.2, 0.25) is 0 Å². The molecule has 0 amide bonds. The number of nitrogens with one attached hydrogen (secondary N) is 1. The number of carboxylic acid groups (broad SMARTS) is 1. The Morgan fingerprint density at radius 3 is 2.38 bits per heavy atom. The summed E-state index contributed by atoms with van der Waals surface area (Å²) in [6, 6.07) is 12.1. The minimum atomic E-state index is -4.25. The van der Waals surface area contributed by atoms with E-state index in [1.807, 2.05) is 0 Å². The fourth-order valence-corrected chi connectivity index (χ4v) is 4.03. The Morgan fingerprint density at radius 1 is 1.14 bits per heavy atom. The third kappa shape index (κ3) is 3.61. The summed E-state index contributed by atoms with van der Waals surface area (Å²) in [5.74, 6) is -1.62. The summed E-state index contributed by atoms with van der Waals surface area (Å²) < 4.78 is 35.7. The molecule has 0 aliphatic rings. The number of hydrogen-bond acceptors (Lipinski definition) is 6. The molecule has 0 spiro atoms. The Kier molecular flexibility index (Phi) is 5.21. The molecule has 0 fully saturated rings. The van der Waals surface area contributed by atoms with E-state index in [2.05, 4.69) is 4.72 Å². The third-order valence-electron chi connectivity index (χ3n) is 4.49. The number of hydrogen-bond donors (Lipinski definition) is 1. The Bertz CT molecular complexity index is 1240. The van der Waals surface area contributed by atoms with Crippen LogP contribution in [0.1, 0.15) is 16.1 Å². The van der Waals surface area contributed by atoms with Crippen molar-refractivity contribution in [3.8, 4) is 11.4 Å². The van der Waals surface area contributed by atoms with Crippen molar-refractivity contribution in [2.24, 2.45) is 7.05 Å². The third-order valence-corrected chi connectivity index (χ3v) is 5.84. The van der Waals surface area contributed by atoms with Gasteiger partial charge in [-0.1, -0.05) is 18.2 Å². The second-order valence-corrected chi connectivity index (χ2v) is 7.87. The van der Waals surface area contributed by atoms with Crippen LogP contribution in [0.15, 0.2) is 58.2 Å². The summed E-state index contributed by atoms with van der Waals surface area (Å²) in [5.41, 5.74) is -0.161. The molecule has 0 aliphatic heterocycles. The van der Waals surface area contributed by atoms with Crippen LogP contribution in [0.4, 0.5) is 5.69 Å². The first-order valence-electron chi connectivity index (χ1n) is 8.43. The van der Waals surface area contributed by atoms with Gasteiger partial charge in [-0.3, -0.25) is 14.2 Å². The number of ether oxygens (including phenoxy) is 1. The average Bonchev–Trinajstić information content (AvgIpc) is 2.91. The first kappa shape index (κ1) is 20.2. The molecule has 10 heteroatoms. The summed E-state index contributed by atoms with van der Waals surface area (Å²) in [5, 5.41) is 11.3. The summed E-state index contributed by atoms with van der Waals surface area (Å²) in [4.78, 5) is 23.8. The molecule has 0 atom stereocenters. The smallest absolute Gasteiger partial charge is 0.296 e. The van der Waals surface area contributed by atoms with Crippen molar-refractivity contribution in [2.75, 3.05) is 11.8 Å². The molecule has 0 saturated carbocycles. The maximum absolute atomic E-state index is 12.9. The van der Waals surface area contributed by atoms with E-state index in [0.717, 1.165) is 6.07 Å². The Morgan fingerprint density at radius 2 is 1.79 bits per heavy atom. The summed E-state index contributed by atoms with van der Waals surface area (Å²) in [6.45, 7) is 1.60. The molecule has 3 aromatic rings. The van der Waals surface area contributed by atoms with E-state index >= 15 is 0 Å². The number of sulfonamides is 1. The molecule has 0 aliphatic carbocycles. The van der Waals surface area contributed by atoms with Gasteiger partial charge in [0.05, 0.1) is 29.4 Å². The van der Waals surface area contributed by atoms with Crippen molar-refractivity contribution in [1.82, 2.24) is 9.36 Å². The van der Waals surface area contributed by atoms with Crippen LogP contribution in [0.3, 0.4) is 0 Å². The van der Waals surface area contributed by atoms with Gasteiger partial charge in [-0.05, 0) is 37.3 Å². The van der Waals surface area contributed by atoms with Crippen LogP contribution >= 0.6 is 0 Å². The second-order valence-electron chi connectivity index (χ2n) is 6.19. The second kappa shape index (κ2) is 7.47. The van der Waals surface area contributed by atoms with E-state index in [9.17, 15) is 23.1 Å². The highest BCUT2D eigenvalue weighted by atomic mass is 32.2. The monoisotopic (exact) mass is 416 g/mol. The summed E-state index contributed by atoms with van der Waals surface area (Å²) >= 11 is 0. The highest BCUT2D eigenvalue weighted by Gasteiger charge is 2.23. The maximum Gasteiger partial charge on any atom is 0.296 e. The average molecular weight is 416 g/mol. The molecule has 9 nitrogen and oxygen atoms in total. The maximum atomic E-state index is 12.9. The number of carbonyl (C=O) groups is 1. The molecule has 0 bridgehead atoms. The number of aromatic nitrogens is 2. The van der Waals surface area contributed by atoms with Crippen molar-refractivity contribution in [2.45, 2.75) is 11.8 Å². The highest BCUT2D eigenvalue weighted by molar-refractivity contribution is 7.92. The SMILES string of the molecule is COc1ccc(S(=O)(=O)Nc2c(C)n(C)n(-c3ccccc3)c2=O)cc1C(=O)[O-]. The van der Waals surface area contributed by atoms with Crippen LogP contribution in [-0.4, -0.2) is 30.9 Å². The molecular formula is C19H18N3O6S-. The molecule has 1 heterocycles. The lowest BCUT2D eigenvalue weighted by atomic mass is 10.2. The van der Waals surface area contributed by atoms with Gasteiger partial charge in [0.25, 0.3) is 15.6 Å². The number of carboxylic acids is 1. The molecule has 29 heavy (non-hydrogen) atoms. The van der Waals surface area contributed by atoms with E-state index in [1.54, 1.807) is 44.3 Å². The van der Waals surface area contributed by atoms with Gasteiger partial charge in [0.2, 0.25) is 0 Å². The number of para-hydroxylation sites is 1. The Labute approximate surface area is 166 Å². The molecule has 2 aromatic carbocycles. The normalized spacial score (nSPS) is 11.3. The standard InChI is InChI=1S/C19H19N3O6S/c1-12-17(18(23)22(21(12)2)13-7-5-4-6-8-13)20-29(26,27)14-9-10-16(28-3)15(11-14)19(24)25/h4-11,20H,1-3H3,(H,24,25)/p-1. The molecule has 0 radical (unpaired) electrons. The van der Waals surface area contributed by atoms with Crippen LogP contribution in [-0.2, 0) is 17.1 Å². The van der Waals surface area contributed by atoms with Crippen LogP contribution in [0, 0.1) is 6.92 Å². The number of carbonyl (C=O) groups excluding carboxylic acids is 1. The zero-order valence-corrected chi connectivity index (χ0v) is 16.7. The van der Waals surface area contributed by atoms with E-state index in [0.29, 0.717) is 11.4 Å². The molecule has 0 unspecified atom stereocenters. The van der Waals surface area contributed by atoms with Crippen molar-refractivity contribution in [3.05, 3.63) is 70.1 Å². The molecule has 152 valence electrons. The molecule has 3 rings (SSSR count). The van der Waals surface area contributed by atoms with Gasteiger partial charge >= 0.3 is 0 Å². The van der Waals surface area contributed by atoms with Crippen molar-refractivity contribution in [1.29, 1.82) is 0 Å². The van der Waals surface area contributed by atoms with Crippen LogP contribution < -0.4 is 20.1 Å². The largest absolute Gasteiger partial charge is 0.545 e. The van der Waals surface area contributed by atoms with Gasteiger partial charge in [-0.25, -0.2) is 13.1 Å². The summed E-state index contributed by atoms with van der Waals surface area (Å²) in [6.07, 6.45) is 0. The van der Waals surface area contributed by atoms with Crippen LogP contribution in [0.5, 0.6) is 5.75 Å². The number of benzene rings is 2. The van der Waals surface area contributed by atoms with Gasteiger partial charge in [-0.2, -0.15) is 0 Å². The van der Waals surface area contributed by atoms with Gasteiger partial charge in [0, 0.05) is 12.6 Å². The number of nitrogens with zero attached hydrogens (tertiary/aromatic N) is 2. The van der Waals surface area contributed by atoms with E-state index < -0.39 is 27.1 Å². The van der Waals surface area contributed by atoms with Gasteiger partial charge in [-0.15, -0.1) is 0 Å². The van der Waals surface area contributed by atoms with Gasteiger partial charge in [0.15, 0.2) is 0 Å². The van der Waals surface area contributed by atoms with Gasteiger partial charge < -0.3 is 14.6 Å². The quantitative estimate of drug-likeness (QED) is 0.630. The lowest BCUT2D eigenvalue weighted by molar-refractivity contribution is -0.255. The van der Waals surface area contributed by atoms with E-state index in [4.69, 9.17) is 4.74 Å². The van der Waals surface area contributed by atoms with Gasteiger partial charge in [0.1, 0.15) is 11.4 Å². The highest BCUT2D eigenvalue weighted by Crippen LogP contribution is 2.24. The first-order chi connectivity index (χ1) is 13.7. The molecule has 1 N–H and O–H groups in total. The lowest BCUT2D eigenvalue weighted by Crippen LogP contribution is -2.25. The number of methoxy groups -OCH3 is 1. The number of anilines is 1. The van der Waals surface area contributed by atoms with Crippen molar-refractivity contribution >= 4 is 21.7 Å².